The number of nitrogens with zero attached hydrogens (tertiary/aromatic N) is 2. The van der Waals surface area contributed by atoms with Crippen molar-refractivity contribution in [3.05, 3.63) is 0 Å². The van der Waals surface area contributed by atoms with Crippen molar-refractivity contribution in [2.75, 3.05) is 19.6 Å². The number of likely N-dealkylation sites (tertiary alicyclic amines) is 1. The van der Waals surface area contributed by atoms with E-state index >= 15 is 0 Å². The second-order valence-corrected chi connectivity index (χ2v) is 5.48. The van der Waals surface area contributed by atoms with Gasteiger partial charge in [-0.3, -0.25) is 4.90 Å². The average molecular weight is 208 g/mol. The molecule has 1 aliphatic heterocycles. The van der Waals surface area contributed by atoms with E-state index in [-0.39, 0.29) is 0 Å². The molecule has 1 saturated heterocycles. The summed E-state index contributed by atoms with van der Waals surface area (Å²) in [6, 6.07) is 2.25. The topological polar surface area (TPSA) is 27.0 Å². The van der Waals surface area contributed by atoms with Crippen molar-refractivity contribution in [3.63, 3.8) is 0 Å². The molecule has 86 valence electrons. The maximum absolute atomic E-state index is 8.68. The lowest BCUT2D eigenvalue weighted by molar-refractivity contribution is 0.0238. The maximum atomic E-state index is 8.68. The molecule has 1 rings (SSSR count). The van der Waals surface area contributed by atoms with Gasteiger partial charge in [0, 0.05) is 0 Å². The van der Waals surface area contributed by atoms with E-state index in [1.807, 2.05) is 0 Å². The molecule has 0 saturated carbocycles. The highest BCUT2D eigenvalue weighted by atomic mass is 15.1. The molecule has 0 aromatic heterocycles. The smallest absolute Gasteiger partial charge is 0.0865 e. The van der Waals surface area contributed by atoms with Crippen molar-refractivity contribution in [2.45, 2.75) is 40.5 Å². The van der Waals surface area contributed by atoms with Crippen LogP contribution in [0.25, 0.3) is 0 Å². The Kier molecular flexibility index (Phi) is 4.16. The molecular weight excluding hydrogens is 184 g/mol. The van der Waals surface area contributed by atoms with Crippen molar-refractivity contribution in [1.82, 2.24) is 4.90 Å². The number of hydrogen-bond acceptors (Lipinski definition) is 2. The molecule has 0 atom stereocenters. The number of rotatable bonds is 3. The zero-order valence-electron chi connectivity index (χ0n) is 10.6. The number of hydrogen-bond donors (Lipinski definition) is 0. The van der Waals surface area contributed by atoms with Crippen molar-refractivity contribution < 1.29 is 0 Å². The van der Waals surface area contributed by atoms with Gasteiger partial charge in [0.05, 0.1) is 12.6 Å². The highest BCUT2D eigenvalue weighted by molar-refractivity contribution is 4.92. The third-order valence-corrected chi connectivity index (χ3v) is 4.38. The fraction of sp³-hybridized carbons (Fsp3) is 0.923. The van der Waals surface area contributed by atoms with Crippen molar-refractivity contribution >= 4 is 0 Å². The Bertz CT molecular complexity index is 219. The van der Waals surface area contributed by atoms with Gasteiger partial charge in [-0.25, -0.2) is 0 Å². The van der Waals surface area contributed by atoms with Gasteiger partial charge in [-0.2, -0.15) is 5.26 Å². The third-order valence-electron chi connectivity index (χ3n) is 4.38. The maximum Gasteiger partial charge on any atom is 0.0865 e. The molecule has 0 aromatic rings. The largest absolute Gasteiger partial charge is 0.291 e. The first-order chi connectivity index (χ1) is 7.03. The highest BCUT2D eigenvalue weighted by Gasteiger charge is 2.39. The molecule has 0 radical (unpaired) electrons. The van der Waals surface area contributed by atoms with Gasteiger partial charge < -0.3 is 0 Å². The molecule has 1 heterocycles. The van der Waals surface area contributed by atoms with E-state index in [0.717, 1.165) is 24.9 Å². The molecular formula is C13H24N2. The van der Waals surface area contributed by atoms with E-state index in [4.69, 9.17) is 5.26 Å². The Morgan fingerprint density at radius 2 is 1.60 bits per heavy atom. The second-order valence-electron chi connectivity index (χ2n) is 5.48. The molecule has 2 heteroatoms. The van der Waals surface area contributed by atoms with Gasteiger partial charge in [-0.1, -0.05) is 27.7 Å². The minimum Gasteiger partial charge on any atom is -0.291 e. The molecule has 1 aliphatic rings. The summed E-state index contributed by atoms with van der Waals surface area (Å²) in [5.74, 6) is 1.50. The first-order valence-corrected chi connectivity index (χ1v) is 6.12. The van der Waals surface area contributed by atoms with E-state index in [2.05, 4.69) is 38.7 Å². The number of piperidine rings is 1. The zero-order valence-corrected chi connectivity index (χ0v) is 10.6. The second kappa shape index (κ2) is 4.99. The Morgan fingerprint density at radius 3 is 1.93 bits per heavy atom. The summed E-state index contributed by atoms with van der Waals surface area (Å²) < 4.78 is 0. The lowest BCUT2D eigenvalue weighted by Crippen LogP contribution is -2.45. The van der Waals surface area contributed by atoms with Gasteiger partial charge in [0.2, 0.25) is 0 Å². The van der Waals surface area contributed by atoms with Crippen LogP contribution < -0.4 is 0 Å². The van der Waals surface area contributed by atoms with Crippen LogP contribution in [0.15, 0.2) is 0 Å². The van der Waals surface area contributed by atoms with Crippen LogP contribution in [-0.4, -0.2) is 24.5 Å². The Balaban J connectivity index is 2.62. The van der Waals surface area contributed by atoms with E-state index in [1.165, 1.54) is 12.8 Å². The molecule has 0 aliphatic carbocycles. The summed E-state index contributed by atoms with van der Waals surface area (Å²) in [6.07, 6.45) is 2.51. The van der Waals surface area contributed by atoms with Crippen LogP contribution in [0.2, 0.25) is 0 Å². The fourth-order valence-corrected chi connectivity index (χ4v) is 3.05. The summed E-state index contributed by atoms with van der Waals surface area (Å²) in [6.45, 7) is 12.2. The van der Waals surface area contributed by atoms with Gasteiger partial charge in [0.25, 0.3) is 0 Å². The normalized spacial score (nSPS) is 21.9. The first-order valence-electron chi connectivity index (χ1n) is 6.12. The molecule has 0 amide bonds. The van der Waals surface area contributed by atoms with Gasteiger partial charge in [-0.15, -0.1) is 0 Å². The minimum absolute atomic E-state index is 0.506. The van der Waals surface area contributed by atoms with E-state index < -0.39 is 0 Å². The van der Waals surface area contributed by atoms with Gasteiger partial charge in [0.1, 0.15) is 0 Å². The summed E-state index contributed by atoms with van der Waals surface area (Å²) in [7, 11) is 0. The van der Waals surface area contributed by atoms with Crippen LogP contribution in [0.3, 0.4) is 0 Å². The average Bonchev–Trinajstić information content (AvgIpc) is 2.18. The lowest BCUT2D eigenvalue weighted by Gasteiger charge is -2.47. The van der Waals surface area contributed by atoms with Crippen molar-refractivity contribution in [2.24, 2.45) is 17.3 Å². The van der Waals surface area contributed by atoms with Crippen LogP contribution in [0.1, 0.15) is 40.5 Å². The van der Waals surface area contributed by atoms with Crippen LogP contribution in [0.4, 0.5) is 0 Å². The summed E-state index contributed by atoms with van der Waals surface area (Å²) >= 11 is 0. The van der Waals surface area contributed by atoms with E-state index in [1.54, 1.807) is 0 Å². The molecule has 15 heavy (non-hydrogen) atoms. The van der Waals surface area contributed by atoms with Crippen LogP contribution >= 0.6 is 0 Å². The summed E-state index contributed by atoms with van der Waals surface area (Å²) in [5, 5.41) is 8.68. The van der Waals surface area contributed by atoms with Crippen LogP contribution in [0, 0.1) is 28.6 Å². The molecule has 0 bridgehead atoms. The molecule has 0 N–H and O–H groups in total. The Morgan fingerprint density at radius 1 is 1.13 bits per heavy atom. The third kappa shape index (κ3) is 2.52. The standard InChI is InChI=1S/C13H24N2/c1-11(2)13(12(3)4)5-8-15(9-6-13)10-7-14/h11-12H,5-6,8-10H2,1-4H3. The minimum atomic E-state index is 0.506. The molecule has 0 spiro atoms. The van der Waals surface area contributed by atoms with Crippen LogP contribution in [0.5, 0.6) is 0 Å². The highest BCUT2D eigenvalue weighted by Crippen LogP contribution is 2.44. The quantitative estimate of drug-likeness (QED) is 0.667. The predicted octanol–water partition coefficient (Wildman–Crippen LogP) is 2.90. The van der Waals surface area contributed by atoms with Gasteiger partial charge >= 0.3 is 0 Å². The predicted molar refractivity (Wildman–Crippen MR) is 63.4 cm³/mol. The van der Waals surface area contributed by atoms with Gasteiger partial charge in [-0.05, 0) is 43.2 Å². The number of nitriles is 1. The summed E-state index contributed by atoms with van der Waals surface area (Å²) in [5.41, 5.74) is 0.506. The fourth-order valence-electron chi connectivity index (χ4n) is 3.05. The van der Waals surface area contributed by atoms with Gasteiger partial charge in [0.15, 0.2) is 0 Å². The van der Waals surface area contributed by atoms with E-state index in [0.29, 0.717) is 12.0 Å². The van der Waals surface area contributed by atoms with Crippen molar-refractivity contribution in [1.29, 1.82) is 5.26 Å². The Labute approximate surface area is 94.3 Å². The Hall–Kier alpha value is -0.550. The lowest BCUT2D eigenvalue weighted by atomic mass is 9.63. The zero-order chi connectivity index (χ0) is 11.5. The molecule has 2 nitrogen and oxygen atoms in total. The SMILES string of the molecule is CC(C)C1(C(C)C)CCN(CC#N)CC1. The molecule has 1 fully saturated rings. The van der Waals surface area contributed by atoms with Crippen LogP contribution in [-0.2, 0) is 0 Å². The monoisotopic (exact) mass is 208 g/mol. The first kappa shape index (κ1) is 12.5. The molecule has 0 unspecified atom stereocenters. The summed E-state index contributed by atoms with van der Waals surface area (Å²) in [4.78, 5) is 2.28. The van der Waals surface area contributed by atoms with Crippen molar-refractivity contribution in [3.8, 4) is 6.07 Å². The van der Waals surface area contributed by atoms with E-state index in [9.17, 15) is 0 Å². The molecule has 0 aromatic carbocycles.